The highest BCUT2D eigenvalue weighted by Gasteiger charge is 2.46. The molecule has 4 aliphatic rings. The average molecular weight is 776 g/mol. The molecule has 272 valence electrons. The van der Waals surface area contributed by atoms with E-state index in [1.807, 2.05) is 109 Å². The molecule has 54 heavy (non-hydrogen) atoms. The fourth-order valence-corrected chi connectivity index (χ4v) is 7.71. The predicted molar refractivity (Wildman–Crippen MR) is 228 cm³/mol. The number of halogens is 1. The van der Waals surface area contributed by atoms with Gasteiger partial charge in [0.15, 0.2) is 5.82 Å². The number of nitrogens with one attached hydrogen (secondary N) is 1. The van der Waals surface area contributed by atoms with E-state index < -0.39 is 0 Å². The van der Waals surface area contributed by atoms with E-state index in [0.29, 0.717) is 5.71 Å². The van der Waals surface area contributed by atoms with Crippen LogP contribution in [0, 0.1) is 29.1 Å². The number of nitrogens with zero attached hydrogens (tertiary/aromatic N) is 5. The summed E-state index contributed by atoms with van der Waals surface area (Å²) in [6.07, 6.45) is 2.85. The van der Waals surface area contributed by atoms with Gasteiger partial charge in [-0.25, -0.2) is 15.0 Å². The molecule has 4 heterocycles. The second kappa shape index (κ2) is 17.2. The van der Waals surface area contributed by atoms with Gasteiger partial charge in [-0.1, -0.05) is 141 Å². The van der Waals surface area contributed by atoms with Crippen LogP contribution in [0.15, 0.2) is 167 Å². The topological polar surface area (TPSA) is 68.5 Å². The number of rotatable bonds is 7. The van der Waals surface area contributed by atoms with E-state index in [0.717, 1.165) is 86.8 Å². The molecule has 2 aromatic heterocycles. The number of piperidine rings is 2. The molecule has 1 N–H and O–H groups in total. The minimum absolute atomic E-state index is 0. The largest absolute Gasteiger partial charge is 0.356 e. The first-order chi connectivity index (χ1) is 26.1. The van der Waals surface area contributed by atoms with E-state index in [9.17, 15) is 0 Å². The first kappa shape index (κ1) is 36.9. The summed E-state index contributed by atoms with van der Waals surface area (Å²) in [7, 11) is 0. The molecule has 0 bridgehead atoms. The highest BCUT2D eigenvalue weighted by molar-refractivity contribution is 9.10. The van der Waals surface area contributed by atoms with Gasteiger partial charge in [0.2, 0.25) is 0 Å². The quantitative estimate of drug-likeness (QED) is 0.130. The van der Waals surface area contributed by atoms with Gasteiger partial charge in [0, 0.05) is 37.3 Å². The fraction of sp³-hybridized carbons (Fsp3) is 0.234. The third-order valence-corrected chi connectivity index (χ3v) is 10.9. The van der Waals surface area contributed by atoms with Crippen LogP contribution in [0.5, 0.6) is 0 Å². The van der Waals surface area contributed by atoms with Crippen LogP contribution < -0.4 is 9.80 Å². The zero-order valence-electron chi connectivity index (χ0n) is 29.7. The van der Waals surface area contributed by atoms with Gasteiger partial charge in [-0.3, -0.25) is 5.41 Å². The first-order valence-corrected chi connectivity index (χ1v) is 19.3. The Morgan fingerprint density at radius 3 is 1.31 bits per heavy atom. The van der Waals surface area contributed by atoms with Gasteiger partial charge < -0.3 is 9.80 Å². The molecule has 0 amide bonds. The lowest BCUT2D eigenvalue weighted by Crippen LogP contribution is -2.22. The third-order valence-electron chi connectivity index (χ3n) is 10.5. The fourth-order valence-electron chi connectivity index (χ4n) is 7.37. The summed E-state index contributed by atoms with van der Waals surface area (Å²) in [6, 6.07) is 52.5. The molecule has 0 radical (unpaired) electrons. The molecule has 6 aromatic rings. The Hall–Kier alpha value is -5.40. The number of hydrogen-bond donors (Lipinski definition) is 1. The van der Waals surface area contributed by atoms with Crippen LogP contribution in [0.1, 0.15) is 42.5 Å². The van der Waals surface area contributed by atoms with Crippen molar-refractivity contribution in [1.82, 2.24) is 9.97 Å². The van der Waals surface area contributed by atoms with Crippen molar-refractivity contribution in [3.05, 3.63) is 185 Å². The lowest BCUT2D eigenvalue weighted by molar-refractivity contribution is 0.804. The molecule has 4 aromatic carbocycles. The van der Waals surface area contributed by atoms with E-state index in [1.54, 1.807) is 0 Å². The van der Waals surface area contributed by atoms with Crippen molar-refractivity contribution < 1.29 is 0 Å². The summed E-state index contributed by atoms with van der Waals surface area (Å²) >= 11 is 3.40. The molecule has 6 nitrogen and oxygen atoms in total. The average Bonchev–Trinajstić information content (AvgIpc) is 4.07. The summed E-state index contributed by atoms with van der Waals surface area (Å²) in [6.45, 7) is 4.73. The molecule has 10 rings (SSSR count). The second-order valence-corrected chi connectivity index (χ2v) is 15.1. The predicted octanol–water partition coefficient (Wildman–Crippen LogP) is 10.7. The van der Waals surface area contributed by atoms with Crippen molar-refractivity contribution in [2.45, 2.75) is 20.3 Å². The van der Waals surface area contributed by atoms with Crippen LogP contribution in [0.4, 0.5) is 17.5 Å². The number of aliphatic imine (C=N–C) groups is 1. The van der Waals surface area contributed by atoms with Crippen molar-refractivity contribution in [2.24, 2.45) is 28.7 Å². The van der Waals surface area contributed by atoms with Gasteiger partial charge in [-0.05, 0) is 87.8 Å². The van der Waals surface area contributed by atoms with Crippen LogP contribution in [-0.4, -0.2) is 47.6 Å². The molecular weight excluding hydrogens is 728 g/mol. The van der Waals surface area contributed by atoms with Gasteiger partial charge in [0.05, 0.1) is 11.4 Å². The molecule has 2 saturated heterocycles. The maximum Gasteiger partial charge on any atom is 0.154 e. The Labute approximate surface area is 328 Å². The van der Waals surface area contributed by atoms with Gasteiger partial charge >= 0.3 is 0 Å². The Morgan fingerprint density at radius 1 is 0.500 bits per heavy atom. The van der Waals surface area contributed by atoms with Crippen molar-refractivity contribution in [3.8, 4) is 0 Å². The SMILES string of the molecule is Brc1cccc(N2CC3CC3C2)n1.C.N=C(c1ccccc1)c1ccccc1.c1ccc(C(=Nc2cccc(N3CC4CC4C3)n2)c2ccccc2)cc1. The summed E-state index contributed by atoms with van der Waals surface area (Å²) in [5, 5.41) is 7.97. The van der Waals surface area contributed by atoms with E-state index in [1.165, 1.54) is 25.9 Å². The van der Waals surface area contributed by atoms with Gasteiger partial charge in [0.25, 0.3) is 0 Å². The van der Waals surface area contributed by atoms with Crippen LogP contribution >= 0.6 is 15.9 Å². The molecule has 2 aliphatic carbocycles. The molecule has 4 unspecified atom stereocenters. The van der Waals surface area contributed by atoms with Crippen molar-refractivity contribution in [1.29, 1.82) is 5.41 Å². The number of fused-ring (bicyclic) bond motifs is 2. The van der Waals surface area contributed by atoms with E-state index in [4.69, 9.17) is 15.4 Å². The number of pyridine rings is 2. The van der Waals surface area contributed by atoms with E-state index in [2.05, 4.69) is 79.2 Å². The summed E-state index contributed by atoms with van der Waals surface area (Å²) < 4.78 is 0.936. The number of anilines is 2. The second-order valence-electron chi connectivity index (χ2n) is 14.3. The Balaban J connectivity index is 0.000000136. The Bertz CT molecular complexity index is 2060. The molecule has 4 atom stereocenters. The molecule has 2 saturated carbocycles. The van der Waals surface area contributed by atoms with Crippen molar-refractivity contribution in [3.63, 3.8) is 0 Å². The maximum atomic E-state index is 7.97. The van der Waals surface area contributed by atoms with E-state index in [-0.39, 0.29) is 7.43 Å². The summed E-state index contributed by atoms with van der Waals surface area (Å²) in [5.74, 6) is 6.69. The zero-order valence-corrected chi connectivity index (χ0v) is 31.3. The lowest BCUT2D eigenvalue weighted by atomic mass is 10.0. The molecular formula is C47H47BrN6. The smallest absolute Gasteiger partial charge is 0.154 e. The number of hydrogen-bond acceptors (Lipinski definition) is 6. The summed E-state index contributed by atoms with van der Waals surface area (Å²) in [4.78, 5) is 19.0. The molecule has 4 fully saturated rings. The number of aromatic nitrogens is 2. The minimum Gasteiger partial charge on any atom is -0.356 e. The number of benzene rings is 4. The lowest BCUT2D eigenvalue weighted by Gasteiger charge is -2.19. The van der Waals surface area contributed by atoms with E-state index >= 15 is 0 Å². The van der Waals surface area contributed by atoms with Crippen LogP contribution in [0.25, 0.3) is 0 Å². The standard InChI is InChI=1S/C23H21N3.C13H11N.C10H11BrN2.CH4/c1-3-8-17(9-4-1)23(18-10-5-2-6-11-18)25-21-12-7-13-22(24-21)26-15-19-14-20(19)16-26;14-13(11-7-3-1-4-8-11)12-9-5-2-6-10-12;11-9-2-1-3-10(12-9)13-5-7-4-8(7)6-13;/h1-13,19-20H,14-16H2;1-10,14H;1-3,7-8H,4-6H2;1H4. The highest BCUT2D eigenvalue weighted by atomic mass is 79.9. The normalized spacial score (nSPS) is 19.7. The molecule has 7 heteroatoms. The summed E-state index contributed by atoms with van der Waals surface area (Å²) in [5.41, 5.74) is 5.66. The third kappa shape index (κ3) is 9.20. The van der Waals surface area contributed by atoms with Crippen LogP contribution in [0.3, 0.4) is 0 Å². The van der Waals surface area contributed by atoms with Crippen molar-refractivity contribution >= 4 is 44.8 Å². The van der Waals surface area contributed by atoms with Crippen LogP contribution in [0.2, 0.25) is 0 Å². The highest BCUT2D eigenvalue weighted by Crippen LogP contribution is 2.46. The van der Waals surface area contributed by atoms with Crippen LogP contribution in [-0.2, 0) is 0 Å². The Kier molecular flexibility index (Phi) is 11.7. The minimum atomic E-state index is 0. The molecule has 2 aliphatic heterocycles. The first-order valence-electron chi connectivity index (χ1n) is 18.6. The van der Waals surface area contributed by atoms with Crippen molar-refractivity contribution in [2.75, 3.05) is 36.0 Å². The maximum absolute atomic E-state index is 7.97. The van der Waals surface area contributed by atoms with Gasteiger partial charge in [0.1, 0.15) is 16.2 Å². The molecule has 0 spiro atoms. The Morgan fingerprint density at radius 2 is 0.889 bits per heavy atom. The van der Waals surface area contributed by atoms with Gasteiger partial charge in [-0.15, -0.1) is 0 Å². The van der Waals surface area contributed by atoms with Gasteiger partial charge in [-0.2, -0.15) is 0 Å². The zero-order chi connectivity index (χ0) is 36.0. The monoisotopic (exact) mass is 774 g/mol.